The van der Waals surface area contributed by atoms with E-state index in [4.69, 9.17) is 9.47 Å². The van der Waals surface area contributed by atoms with Gasteiger partial charge in [-0.3, -0.25) is 9.69 Å². The van der Waals surface area contributed by atoms with Gasteiger partial charge in [0, 0.05) is 28.2 Å². The number of fused-ring (bicyclic) bond motifs is 1. The van der Waals surface area contributed by atoms with Crippen molar-refractivity contribution < 1.29 is 24.2 Å². The number of urea groups is 1. The lowest BCUT2D eigenvalue weighted by Gasteiger charge is -2.42. The predicted molar refractivity (Wildman–Crippen MR) is 127 cm³/mol. The van der Waals surface area contributed by atoms with Crippen LogP contribution < -0.4 is 25.0 Å². The summed E-state index contributed by atoms with van der Waals surface area (Å²) in [7, 11) is 3.03. The van der Waals surface area contributed by atoms with E-state index in [0.29, 0.717) is 21.7 Å². The molecule has 8 nitrogen and oxygen atoms in total. The van der Waals surface area contributed by atoms with E-state index in [9.17, 15) is 14.7 Å². The molecule has 0 aromatic heterocycles. The molecule has 3 N–H and O–H groups in total. The van der Waals surface area contributed by atoms with Crippen LogP contribution in [0.15, 0.2) is 71.2 Å². The SMILES string of the molecule is COc1cccc(N2C(=O)Nc3ccc(Br)cc3[C@@]2(O)C(=O)NCc2ccccc2OC)c1. The number of amides is 3. The van der Waals surface area contributed by atoms with Gasteiger partial charge in [0.2, 0.25) is 0 Å². The number of carbonyl (C=O) groups is 2. The number of anilines is 2. The molecule has 3 amide bonds. The summed E-state index contributed by atoms with van der Waals surface area (Å²) < 4.78 is 11.2. The first kappa shape index (κ1) is 22.6. The molecule has 0 unspecified atom stereocenters. The molecule has 3 aromatic rings. The zero-order valence-electron chi connectivity index (χ0n) is 18.0. The van der Waals surface area contributed by atoms with Crippen LogP contribution >= 0.6 is 15.9 Å². The second-order valence-corrected chi connectivity index (χ2v) is 8.24. The van der Waals surface area contributed by atoms with Crippen LogP contribution in [0.4, 0.5) is 16.2 Å². The standard InChI is InChI=1S/C24H22BrN3O5/c1-32-18-8-5-7-17(13-18)28-23(30)27-20-11-10-16(25)12-19(20)24(28,31)22(29)26-14-15-6-3-4-9-21(15)33-2/h3-13,31H,14H2,1-2H3,(H,26,29)(H,27,30)/t24-/m1/s1. The van der Waals surface area contributed by atoms with Crippen molar-refractivity contribution >= 4 is 39.2 Å². The molecule has 0 bridgehead atoms. The summed E-state index contributed by atoms with van der Waals surface area (Å²) in [4.78, 5) is 27.7. The molecule has 9 heteroatoms. The van der Waals surface area contributed by atoms with E-state index in [1.807, 2.05) is 12.1 Å². The second kappa shape index (κ2) is 9.13. The molecule has 0 radical (unpaired) electrons. The molecule has 1 heterocycles. The van der Waals surface area contributed by atoms with Gasteiger partial charge in [-0.1, -0.05) is 40.2 Å². The Morgan fingerprint density at radius 1 is 1.09 bits per heavy atom. The van der Waals surface area contributed by atoms with Crippen LogP contribution in [0.25, 0.3) is 0 Å². The van der Waals surface area contributed by atoms with E-state index < -0.39 is 17.7 Å². The molecule has 1 atom stereocenters. The zero-order chi connectivity index (χ0) is 23.6. The quantitative estimate of drug-likeness (QED) is 0.464. The van der Waals surface area contributed by atoms with E-state index >= 15 is 0 Å². The lowest BCUT2D eigenvalue weighted by molar-refractivity contribution is -0.140. The molecule has 0 aliphatic carbocycles. The first-order valence-electron chi connectivity index (χ1n) is 10.1. The number of rotatable bonds is 6. The number of benzene rings is 3. The molecule has 0 fully saturated rings. The summed E-state index contributed by atoms with van der Waals surface area (Å²) in [5, 5.41) is 17.4. The van der Waals surface area contributed by atoms with E-state index in [-0.39, 0.29) is 17.8 Å². The summed E-state index contributed by atoms with van der Waals surface area (Å²) in [5.74, 6) is 0.293. The summed E-state index contributed by atoms with van der Waals surface area (Å²) >= 11 is 3.39. The van der Waals surface area contributed by atoms with Crippen LogP contribution in [0.2, 0.25) is 0 Å². The molecule has 1 aliphatic rings. The first-order valence-corrected chi connectivity index (χ1v) is 10.9. The lowest BCUT2D eigenvalue weighted by Crippen LogP contribution is -2.62. The van der Waals surface area contributed by atoms with Gasteiger partial charge >= 0.3 is 6.03 Å². The minimum absolute atomic E-state index is 0.0854. The van der Waals surface area contributed by atoms with E-state index in [0.717, 1.165) is 10.5 Å². The van der Waals surface area contributed by atoms with Gasteiger partial charge in [-0.25, -0.2) is 4.79 Å². The topological polar surface area (TPSA) is 100 Å². The van der Waals surface area contributed by atoms with Gasteiger partial charge in [0.15, 0.2) is 0 Å². The van der Waals surface area contributed by atoms with E-state index in [2.05, 4.69) is 26.6 Å². The average Bonchev–Trinajstić information content (AvgIpc) is 2.83. The largest absolute Gasteiger partial charge is 0.497 e. The van der Waals surface area contributed by atoms with Crippen molar-refractivity contribution in [2.45, 2.75) is 12.3 Å². The Bertz CT molecular complexity index is 1220. The average molecular weight is 512 g/mol. The summed E-state index contributed by atoms with van der Waals surface area (Å²) in [6.07, 6.45) is 0. The fraction of sp³-hybridized carbons (Fsp3) is 0.167. The fourth-order valence-corrected chi connectivity index (χ4v) is 4.14. The van der Waals surface area contributed by atoms with Gasteiger partial charge in [-0.2, -0.15) is 0 Å². The molecule has 4 rings (SSSR count). The molecule has 33 heavy (non-hydrogen) atoms. The Hall–Kier alpha value is -3.56. The number of ether oxygens (including phenoxy) is 2. The molecule has 1 aliphatic heterocycles. The number of carbonyl (C=O) groups excluding carboxylic acids is 2. The third kappa shape index (κ3) is 4.12. The minimum Gasteiger partial charge on any atom is -0.497 e. The smallest absolute Gasteiger partial charge is 0.329 e. The number of halogens is 1. The van der Waals surface area contributed by atoms with Crippen molar-refractivity contribution in [2.75, 3.05) is 24.4 Å². The van der Waals surface area contributed by atoms with Gasteiger partial charge in [-0.05, 0) is 36.4 Å². The van der Waals surface area contributed by atoms with Crippen molar-refractivity contribution in [3.63, 3.8) is 0 Å². The Morgan fingerprint density at radius 2 is 1.88 bits per heavy atom. The van der Waals surface area contributed by atoms with Crippen molar-refractivity contribution in [1.29, 1.82) is 0 Å². The first-order chi connectivity index (χ1) is 15.9. The number of hydrogen-bond acceptors (Lipinski definition) is 5. The second-order valence-electron chi connectivity index (χ2n) is 7.32. The molecule has 0 saturated heterocycles. The highest BCUT2D eigenvalue weighted by Gasteiger charge is 2.52. The van der Waals surface area contributed by atoms with Gasteiger partial charge in [0.05, 0.1) is 25.6 Å². The van der Waals surface area contributed by atoms with Crippen LogP contribution in [-0.4, -0.2) is 31.3 Å². The van der Waals surface area contributed by atoms with Crippen LogP contribution in [0.1, 0.15) is 11.1 Å². The molecule has 0 saturated carbocycles. The minimum atomic E-state index is -2.34. The highest BCUT2D eigenvalue weighted by molar-refractivity contribution is 9.10. The number of aliphatic hydroxyl groups is 1. The highest BCUT2D eigenvalue weighted by Crippen LogP contribution is 2.41. The van der Waals surface area contributed by atoms with Crippen molar-refractivity contribution in [3.05, 3.63) is 82.3 Å². The Labute approximate surface area is 199 Å². The Morgan fingerprint density at radius 3 is 2.64 bits per heavy atom. The normalized spacial score (nSPS) is 17.1. The number of para-hydroxylation sites is 1. The Balaban J connectivity index is 1.79. The summed E-state index contributed by atoms with van der Waals surface area (Å²) in [6.45, 7) is 0.0854. The van der Waals surface area contributed by atoms with Crippen LogP contribution in [-0.2, 0) is 17.1 Å². The number of nitrogens with zero attached hydrogens (tertiary/aromatic N) is 1. The number of hydrogen-bond donors (Lipinski definition) is 3. The maximum atomic E-state index is 13.6. The van der Waals surface area contributed by atoms with Crippen molar-refractivity contribution in [2.24, 2.45) is 0 Å². The van der Waals surface area contributed by atoms with Gasteiger partial charge in [0.25, 0.3) is 11.6 Å². The molecule has 3 aromatic carbocycles. The molecule has 0 spiro atoms. The summed E-state index contributed by atoms with van der Waals surface area (Å²) in [5.41, 5.74) is -0.781. The van der Waals surface area contributed by atoms with Crippen LogP contribution in [0, 0.1) is 0 Å². The number of methoxy groups -OCH3 is 2. The van der Waals surface area contributed by atoms with Gasteiger partial charge in [-0.15, -0.1) is 0 Å². The van der Waals surface area contributed by atoms with Crippen LogP contribution in [0.5, 0.6) is 11.5 Å². The Kier molecular flexibility index (Phi) is 6.26. The van der Waals surface area contributed by atoms with Crippen molar-refractivity contribution in [1.82, 2.24) is 5.32 Å². The third-order valence-electron chi connectivity index (χ3n) is 5.39. The van der Waals surface area contributed by atoms with Crippen molar-refractivity contribution in [3.8, 4) is 11.5 Å². The maximum Gasteiger partial charge on any atom is 0.329 e. The molecular formula is C24H22BrN3O5. The zero-order valence-corrected chi connectivity index (χ0v) is 19.5. The van der Waals surface area contributed by atoms with E-state index in [1.54, 1.807) is 54.6 Å². The third-order valence-corrected chi connectivity index (χ3v) is 5.88. The monoisotopic (exact) mass is 511 g/mol. The van der Waals surface area contributed by atoms with Gasteiger partial charge in [0.1, 0.15) is 11.5 Å². The van der Waals surface area contributed by atoms with Gasteiger partial charge < -0.3 is 25.2 Å². The molecular weight excluding hydrogens is 490 g/mol. The lowest BCUT2D eigenvalue weighted by atomic mass is 9.94. The highest BCUT2D eigenvalue weighted by atomic mass is 79.9. The maximum absolute atomic E-state index is 13.6. The molecule has 170 valence electrons. The number of nitrogens with one attached hydrogen (secondary N) is 2. The fourth-order valence-electron chi connectivity index (χ4n) is 3.78. The predicted octanol–water partition coefficient (Wildman–Crippen LogP) is 3.98. The van der Waals surface area contributed by atoms with Crippen LogP contribution in [0.3, 0.4) is 0 Å². The van der Waals surface area contributed by atoms with E-state index in [1.165, 1.54) is 14.2 Å². The summed E-state index contributed by atoms with van der Waals surface area (Å²) in [6, 6.07) is 18.1.